The van der Waals surface area contributed by atoms with Gasteiger partial charge in [-0.3, -0.25) is 10.9 Å². The molecule has 0 fully saturated rings. The maximum Gasteiger partial charge on any atom is 0.333 e. The zero-order chi connectivity index (χ0) is 30.1. The molecule has 3 N–H and O–H groups in total. The highest BCUT2D eigenvalue weighted by Crippen LogP contribution is 2.23. The molecular formula is C35H51N5O2. The van der Waals surface area contributed by atoms with Crippen LogP contribution in [-0.4, -0.2) is 19.2 Å². The van der Waals surface area contributed by atoms with E-state index in [0.29, 0.717) is 36.4 Å². The number of hydrogen-bond donors (Lipinski definition) is 3. The summed E-state index contributed by atoms with van der Waals surface area (Å²) in [7, 11) is 0. The molecule has 2 aromatic carbocycles. The Balaban J connectivity index is 1.63. The van der Waals surface area contributed by atoms with E-state index in [1.165, 1.54) is 83.5 Å². The van der Waals surface area contributed by atoms with Gasteiger partial charge in [0.05, 0.1) is 23.4 Å². The third-order valence-electron chi connectivity index (χ3n) is 7.46. The lowest BCUT2D eigenvalue weighted by Gasteiger charge is -2.15. The van der Waals surface area contributed by atoms with E-state index < -0.39 is 0 Å². The van der Waals surface area contributed by atoms with Crippen LogP contribution >= 0.6 is 0 Å². The number of hydrogen-bond acceptors (Lipinski definition) is 5. The number of carbonyl (C=O) groups is 1. The standard InChI is InChI=1S/C35H51N5O2/c1-2-3-4-5-6-7-8-9-10-11-12-13-14-15-17-21-30-26-31(28-36)32(29-37)27-34(30)39-40-35(41)38-24-20-25-42-33-22-18-16-19-23-33/h16,18-19,22-23,26-27,39H,2-15,17,20-21,24-25H2,1H3,(H2,38,40,41). The lowest BCUT2D eigenvalue weighted by atomic mass is 9.98. The van der Waals surface area contributed by atoms with Gasteiger partial charge in [-0.05, 0) is 49.1 Å². The summed E-state index contributed by atoms with van der Waals surface area (Å²) in [6, 6.07) is 16.8. The first-order valence-corrected chi connectivity index (χ1v) is 16.1. The van der Waals surface area contributed by atoms with Gasteiger partial charge in [0.2, 0.25) is 0 Å². The molecule has 0 saturated heterocycles. The second-order valence-electron chi connectivity index (χ2n) is 11.0. The average molecular weight is 574 g/mol. The summed E-state index contributed by atoms with van der Waals surface area (Å²) in [6.45, 7) is 3.23. The fourth-order valence-electron chi connectivity index (χ4n) is 4.99. The summed E-state index contributed by atoms with van der Waals surface area (Å²) in [4.78, 5) is 12.3. The van der Waals surface area contributed by atoms with Crippen LogP contribution in [0.3, 0.4) is 0 Å². The summed E-state index contributed by atoms with van der Waals surface area (Å²) in [5.41, 5.74) is 7.85. The lowest BCUT2D eigenvalue weighted by Crippen LogP contribution is -2.40. The van der Waals surface area contributed by atoms with Crippen molar-refractivity contribution in [1.29, 1.82) is 10.5 Å². The normalized spacial score (nSPS) is 10.5. The number of unbranched alkanes of at least 4 members (excludes halogenated alkanes) is 14. The number of nitriles is 2. The number of rotatable bonds is 23. The van der Waals surface area contributed by atoms with Gasteiger partial charge in [-0.1, -0.05) is 115 Å². The van der Waals surface area contributed by atoms with E-state index >= 15 is 0 Å². The van der Waals surface area contributed by atoms with Crippen LogP contribution in [-0.2, 0) is 6.42 Å². The smallest absolute Gasteiger partial charge is 0.333 e. The highest BCUT2D eigenvalue weighted by atomic mass is 16.5. The van der Waals surface area contributed by atoms with E-state index in [2.05, 4.69) is 35.2 Å². The van der Waals surface area contributed by atoms with Crippen molar-refractivity contribution in [2.45, 2.75) is 116 Å². The van der Waals surface area contributed by atoms with Crippen molar-refractivity contribution in [3.63, 3.8) is 0 Å². The molecule has 0 bridgehead atoms. The zero-order valence-electron chi connectivity index (χ0n) is 25.7. The number of amides is 2. The van der Waals surface area contributed by atoms with E-state index in [4.69, 9.17) is 4.74 Å². The molecule has 0 spiro atoms. The molecule has 2 rings (SSSR count). The Labute approximate surface area is 254 Å². The molecule has 0 saturated carbocycles. The van der Waals surface area contributed by atoms with E-state index in [-0.39, 0.29) is 6.03 Å². The Kier molecular flexibility index (Phi) is 18.8. The first kappa shape index (κ1) is 34.5. The summed E-state index contributed by atoms with van der Waals surface area (Å²) < 4.78 is 5.64. The van der Waals surface area contributed by atoms with Gasteiger partial charge >= 0.3 is 6.03 Å². The Morgan fingerprint density at radius 1 is 0.738 bits per heavy atom. The van der Waals surface area contributed by atoms with Crippen molar-refractivity contribution in [1.82, 2.24) is 10.7 Å². The van der Waals surface area contributed by atoms with Crippen molar-refractivity contribution in [2.24, 2.45) is 0 Å². The molecule has 0 radical (unpaired) electrons. The van der Waals surface area contributed by atoms with Crippen LogP contribution < -0.4 is 20.9 Å². The number of urea groups is 1. The molecule has 7 nitrogen and oxygen atoms in total. The van der Waals surface area contributed by atoms with Gasteiger partial charge < -0.3 is 10.1 Å². The second-order valence-corrected chi connectivity index (χ2v) is 11.0. The van der Waals surface area contributed by atoms with E-state index in [0.717, 1.165) is 30.6 Å². The monoisotopic (exact) mass is 573 g/mol. The second kappa shape index (κ2) is 22.9. The van der Waals surface area contributed by atoms with Gasteiger partial charge in [-0.15, -0.1) is 0 Å². The summed E-state index contributed by atoms with van der Waals surface area (Å²) in [5.74, 6) is 0.805. The fourth-order valence-corrected chi connectivity index (χ4v) is 4.99. The molecule has 0 heterocycles. The summed E-state index contributed by atoms with van der Waals surface area (Å²) >= 11 is 0. The van der Waals surface area contributed by atoms with Crippen LogP contribution in [0.4, 0.5) is 10.5 Å². The summed E-state index contributed by atoms with van der Waals surface area (Å²) in [6.07, 6.45) is 21.1. The minimum Gasteiger partial charge on any atom is -0.494 e. The Morgan fingerprint density at radius 2 is 1.29 bits per heavy atom. The van der Waals surface area contributed by atoms with Crippen LogP contribution in [0.2, 0.25) is 0 Å². The number of aryl methyl sites for hydroxylation is 1. The highest BCUT2D eigenvalue weighted by Gasteiger charge is 2.11. The van der Waals surface area contributed by atoms with Crippen LogP contribution in [0.1, 0.15) is 126 Å². The first-order valence-electron chi connectivity index (χ1n) is 16.1. The minimum atomic E-state index is -0.365. The van der Waals surface area contributed by atoms with Gasteiger partial charge in [0, 0.05) is 6.54 Å². The number of anilines is 1. The lowest BCUT2D eigenvalue weighted by molar-refractivity contribution is 0.241. The van der Waals surface area contributed by atoms with Gasteiger partial charge in [0.15, 0.2) is 0 Å². The third kappa shape index (κ3) is 15.3. The highest BCUT2D eigenvalue weighted by molar-refractivity contribution is 5.76. The quantitative estimate of drug-likeness (QED) is 0.0908. The van der Waals surface area contributed by atoms with E-state index in [9.17, 15) is 15.3 Å². The van der Waals surface area contributed by atoms with Gasteiger partial charge in [0.1, 0.15) is 17.9 Å². The predicted molar refractivity (Wildman–Crippen MR) is 171 cm³/mol. The Hall–Kier alpha value is -3.71. The molecule has 0 aliphatic carbocycles. The first-order chi connectivity index (χ1) is 20.7. The maximum atomic E-state index is 12.3. The molecule has 7 heteroatoms. The molecule has 0 aliphatic rings. The molecule has 0 aromatic heterocycles. The fraction of sp³-hybridized carbons (Fsp3) is 0.571. The molecule has 2 amide bonds. The van der Waals surface area contributed by atoms with Crippen molar-refractivity contribution in [3.8, 4) is 17.9 Å². The topological polar surface area (TPSA) is 110 Å². The number of hydrazine groups is 1. The molecule has 2 aromatic rings. The third-order valence-corrected chi connectivity index (χ3v) is 7.46. The van der Waals surface area contributed by atoms with Crippen LogP contribution in [0.25, 0.3) is 0 Å². The maximum absolute atomic E-state index is 12.3. The molecule has 0 unspecified atom stereocenters. The van der Waals surface area contributed by atoms with Crippen molar-refractivity contribution in [3.05, 3.63) is 59.2 Å². The number of para-hydroxylation sites is 1. The van der Waals surface area contributed by atoms with Gasteiger partial charge in [-0.2, -0.15) is 10.5 Å². The molecule has 42 heavy (non-hydrogen) atoms. The Morgan fingerprint density at radius 3 is 1.86 bits per heavy atom. The number of nitrogens with one attached hydrogen (secondary N) is 3. The number of ether oxygens (including phenoxy) is 1. The Bertz CT molecular complexity index is 1090. The van der Waals surface area contributed by atoms with Crippen molar-refractivity contribution >= 4 is 11.7 Å². The number of carbonyl (C=O) groups excluding carboxylic acids is 1. The zero-order valence-corrected chi connectivity index (χ0v) is 25.7. The van der Waals surface area contributed by atoms with Gasteiger partial charge in [-0.25, -0.2) is 4.79 Å². The number of benzene rings is 2. The molecular weight excluding hydrogens is 522 g/mol. The predicted octanol–water partition coefficient (Wildman–Crippen LogP) is 8.94. The molecule has 0 aliphatic heterocycles. The molecule has 0 atom stereocenters. The van der Waals surface area contributed by atoms with Crippen LogP contribution in [0.5, 0.6) is 5.75 Å². The molecule has 228 valence electrons. The van der Waals surface area contributed by atoms with Crippen molar-refractivity contribution < 1.29 is 9.53 Å². The SMILES string of the molecule is CCCCCCCCCCCCCCCCCc1cc(C#N)c(C#N)cc1NNC(=O)NCCCOc1ccccc1. The van der Waals surface area contributed by atoms with Crippen molar-refractivity contribution in [2.75, 3.05) is 18.6 Å². The van der Waals surface area contributed by atoms with E-state index in [1.807, 2.05) is 30.3 Å². The van der Waals surface area contributed by atoms with Gasteiger partial charge in [0.25, 0.3) is 0 Å². The number of nitrogens with zero attached hydrogens (tertiary/aromatic N) is 2. The summed E-state index contributed by atoms with van der Waals surface area (Å²) in [5, 5.41) is 21.8. The average Bonchev–Trinajstić information content (AvgIpc) is 3.02. The van der Waals surface area contributed by atoms with Crippen LogP contribution in [0, 0.1) is 22.7 Å². The minimum absolute atomic E-state index is 0.292. The largest absolute Gasteiger partial charge is 0.494 e. The van der Waals surface area contributed by atoms with E-state index in [1.54, 1.807) is 12.1 Å². The van der Waals surface area contributed by atoms with Crippen LogP contribution in [0.15, 0.2) is 42.5 Å².